The van der Waals surface area contributed by atoms with E-state index < -0.39 is 5.97 Å². The molecule has 2 aromatic heterocycles. The standard InChI is InChI=1S/C6H4N4O2S/c11-5(12)3-2-4(8-1-7-3)10-6(13)9-2/h1H,(H,11,12)(H2,7,8,9,10,13). The summed E-state index contributed by atoms with van der Waals surface area (Å²) in [5.41, 5.74) is 0.496. The van der Waals surface area contributed by atoms with E-state index in [2.05, 4.69) is 32.6 Å². The molecular weight excluding hydrogens is 192 g/mol. The SMILES string of the molecule is O=C(O)c1ncnc2nc(S)[nH]c12. The Bertz CT molecular complexity index is 480. The van der Waals surface area contributed by atoms with Crippen molar-refractivity contribution in [2.45, 2.75) is 5.16 Å². The number of hydrogen-bond donors (Lipinski definition) is 3. The van der Waals surface area contributed by atoms with E-state index in [0.717, 1.165) is 6.33 Å². The molecule has 0 atom stereocenters. The Balaban J connectivity index is 2.82. The summed E-state index contributed by atoms with van der Waals surface area (Å²) in [4.78, 5) is 24.6. The van der Waals surface area contributed by atoms with E-state index in [0.29, 0.717) is 16.3 Å². The number of nitrogens with zero attached hydrogens (tertiary/aromatic N) is 3. The molecule has 0 spiro atoms. The molecule has 6 nitrogen and oxygen atoms in total. The minimum absolute atomic E-state index is 0.0993. The second-order valence-electron chi connectivity index (χ2n) is 2.29. The van der Waals surface area contributed by atoms with Gasteiger partial charge in [0.15, 0.2) is 16.5 Å². The molecule has 2 rings (SSSR count). The van der Waals surface area contributed by atoms with Crippen molar-refractivity contribution in [1.82, 2.24) is 19.9 Å². The fourth-order valence-corrected chi connectivity index (χ4v) is 1.18. The zero-order valence-electron chi connectivity index (χ0n) is 6.22. The number of fused-ring (bicyclic) bond motifs is 1. The van der Waals surface area contributed by atoms with Crippen molar-refractivity contribution in [2.75, 3.05) is 0 Å². The number of aromatic amines is 1. The third-order valence-corrected chi connectivity index (χ3v) is 1.69. The Kier molecular flexibility index (Phi) is 1.66. The van der Waals surface area contributed by atoms with E-state index in [1.807, 2.05) is 0 Å². The second kappa shape index (κ2) is 2.70. The van der Waals surface area contributed by atoms with Crippen LogP contribution in [0.2, 0.25) is 0 Å². The van der Waals surface area contributed by atoms with Gasteiger partial charge in [0.05, 0.1) is 0 Å². The highest BCUT2D eigenvalue weighted by molar-refractivity contribution is 7.80. The van der Waals surface area contributed by atoms with E-state index >= 15 is 0 Å². The van der Waals surface area contributed by atoms with Gasteiger partial charge >= 0.3 is 5.97 Å². The van der Waals surface area contributed by atoms with Crippen molar-refractivity contribution in [2.24, 2.45) is 0 Å². The third kappa shape index (κ3) is 1.22. The third-order valence-electron chi connectivity index (χ3n) is 1.48. The van der Waals surface area contributed by atoms with Crippen LogP contribution < -0.4 is 0 Å². The molecule has 0 amide bonds. The van der Waals surface area contributed by atoms with Crippen LogP contribution in [-0.2, 0) is 0 Å². The maximum atomic E-state index is 10.7. The number of thiol groups is 1. The zero-order chi connectivity index (χ0) is 9.42. The molecule has 0 saturated heterocycles. The maximum absolute atomic E-state index is 10.7. The number of rotatable bonds is 1. The number of H-pyrrole nitrogens is 1. The molecule has 0 aliphatic heterocycles. The van der Waals surface area contributed by atoms with Gasteiger partial charge in [-0.25, -0.2) is 19.7 Å². The summed E-state index contributed by atoms with van der Waals surface area (Å²) in [6.07, 6.45) is 1.15. The Morgan fingerprint density at radius 3 is 3.00 bits per heavy atom. The summed E-state index contributed by atoms with van der Waals surface area (Å²) in [5.74, 6) is -1.12. The lowest BCUT2D eigenvalue weighted by atomic mass is 10.4. The van der Waals surface area contributed by atoms with Gasteiger partial charge in [-0.05, 0) is 0 Å². The molecule has 0 aliphatic rings. The Labute approximate surface area is 77.5 Å². The molecule has 0 unspecified atom stereocenters. The van der Waals surface area contributed by atoms with E-state index in [4.69, 9.17) is 5.11 Å². The van der Waals surface area contributed by atoms with Gasteiger partial charge in [-0.15, -0.1) is 12.6 Å². The molecule has 13 heavy (non-hydrogen) atoms. The molecule has 7 heteroatoms. The van der Waals surface area contributed by atoms with Crippen LogP contribution >= 0.6 is 12.6 Å². The first-order valence-electron chi connectivity index (χ1n) is 3.31. The molecule has 2 N–H and O–H groups in total. The highest BCUT2D eigenvalue weighted by Crippen LogP contribution is 2.13. The molecule has 0 fully saturated rings. The van der Waals surface area contributed by atoms with Crippen molar-refractivity contribution in [3.63, 3.8) is 0 Å². The quantitative estimate of drug-likeness (QED) is 0.572. The van der Waals surface area contributed by atoms with Crippen molar-refractivity contribution in [3.05, 3.63) is 12.0 Å². The van der Waals surface area contributed by atoms with Crippen molar-refractivity contribution in [1.29, 1.82) is 0 Å². The van der Waals surface area contributed by atoms with Gasteiger partial charge in [-0.1, -0.05) is 0 Å². The first kappa shape index (κ1) is 7.99. The van der Waals surface area contributed by atoms with E-state index in [1.54, 1.807) is 0 Å². The van der Waals surface area contributed by atoms with Crippen molar-refractivity contribution >= 4 is 29.8 Å². The average Bonchev–Trinajstić information content (AvgIpc) is 2.43. The van der Waals surface area contributed by atoms with Crippen LogP contribution in [0.15, 0.2) is 11.5 Å². The fourth-order valence-electron chi connectivity index (χ4n) is 0.978. The predicted octanol–water partition coefficient (Wildman–Crippen LogP) is 0.340. The van der Waals surface area contributed by atoms with Gasteiger partial charge in [-0.2, -0.15) is 0 Å². The van der Waals surface area contributed by atoms with Gasteiger partial charge in [0.1, 0.15) is 11.8 Å². The summed E-state index contributed by atoms with van der Waals surface area (Å²) in [5, 5.41) is 9.05. The van der Waals surface area contributed by atoms with Gasteiger partial charge in [0, 0.05) is 0 Å². The maximum Gasteiger partial charge on any atom is 0.356 e. The predicted molar refractivity (Wildman–Crippen MR) is 45.9 cm³/mol. The zero-order valence-corrected chi connectivity index (χ0v) is 7.12. The normalized spacial score (nSPS) is 10.5. The van der Waals surface area contributed by atoms with Crippen LogP contribution in [0.1, 0.15) is 10.5 Å². The van der Waals surface area contributed by atoms with E-state index in [9.17, 15) is 4.79 Å². The fraction of sp³-hybridized carbons (Fsp3) is 0. The molecular formula is C6H4N4O2S. The highest BCUT2D eigenvalue weighted by atomic mass is 32.1. The monoisotopic (exact) mass is 196 g/mol. The van der Waals surface area contributed by atoms with Crippen LogP contribution in [-0.4, -0.2) is 31.0 Å². The Morgan fingerprint density at radius 2 is 2.31 bits per heavy atom. The largest absolute Gasteiger partial charge is 0.476 e. The highest BCUT2D eigenvalue weighted by Gasteiger charge is 2.13. The molecule has 0 aliphatic carbocycles. The molecule has 0 radical (unpaired) electrons. The van der Waals surface area contributed by atoms with E-state index in [-0.39, 0.29) is 5.69 Å². The smallest absolute Gasteiger partial charge is 0.356 e. The Hall–Kier alpha value is -1.63. The lowest BCUT2D eigenvalue weighted by Gasteiger charge is -1.92. The number of carbonyl (C=O) groups is 1. The second-order valence-corrected chi connectivity index (χ2v) is 2.71. The van der Waals surface area contributed by atoms with Gasteiger partial charge in [0.2, 0.25) is 0 Å². The topological polar surface area (TPSA) is 91.8 Å². The lowest BCUT2D eigenvalue weighted by Crippen LogP contribution is -2.01. The number of imidazole rings is 1. The number of hydrogen-bond acceptors (Lipinski definition) is 5. The Morgan fingerprint density at radius 1 is 1.54 bits per heavy atom. The van der Waals surface area contributed by atoms with Crippen LogP contribution in [0, 0.1) is 0 Å². The summed E-state index contributed by atoms with van der Waals surface area (Å²) < 4.78 is 0. The van der Waals surface area contributed by atoms with Gasteiger partial charge < -0.3 is 10.1 Å². The average molecular weight is 196 g/mol. The van der Waals surface area contributed by atoms with Crippen molar-refractivity contribution < 1.29 is 9.90 Å². The van der Waals surface area contributed by atoms with Gasteiger partial charge in [-0.3, -0.25) is 0 Å². The van der Waals surface area contributed by atoms with Crippen LogP contribution in [0.5, 0.6) is 0 Å². The molecule has 0 aromatic carbocycles. The molecule has 0 saturated carbocycles. The number of carboxylic acid groups (broad SMARTS) is 1. The van der Waals surface area contributed by atoms with Crippen LogP contribution in [0.3, 0.4) is 0 Å². The molecule has 2 heterocycles. The summed E-state index contributed by atoms with van der Waals surface area (Å²) in [7, 11) is 0. The molecule has 2 aromatic rings. The minimum Gasteiger partial charge on any atom is -0.476 e. The first-order valence-corrected chi connectivity index (χ1v) is 3.76. The molecule has 66 valence electrons. The van der Waals surface area contributed by atoms with Crippen LogP contribution in [0.4, 0.5) is 0 Å². The summed E-state index contributed by atoms with van der Waals surface area (Å²) in [6.45, 7) is 0. The lowest BCUT2D eigenvalue weighted by molar-refractivity contribution is 0.0692. The first-order chi connectivity index (χ1) is 6.18. The molecule has 0 bridgehead atoms. The number of aromatic nitrogens is 4. The number of carboxylic acids is 1. The summed E-state index contributed by atoms with van der Waals surface area (Å²) in [6, 6.07) is 0. The van der Waals surface area contributed by atoms with Crippen LogP contribution in [0.25, 0.3) is 11.2 Å². The number of aromatic carboxylic acids is 1. The number of nitrogens with one attached hydrogen (secondary N) is 1. The van der Waals surface area contributed by atoms with E-state index in [1.165, 1.54) is 0 Å². The van der Waals surface area contributed by atoms with Gasteiger partial charge in [0.25, 0.3) is 0 Å². The summed E-state index contributed by atoms with van der Waals surface area (Å²) >= 11 is 3.93. The minimum atomic E-state index is -1.12. The van der Waals surface area contributed by atoms with Crippen molar-refractivity contribution in [3.8, 4) is 0 Å².